The zero-order chi connectivity index (χ0) is 15.4. The number of aliphatic carboxylic acids is 1. The summed E-state index contributed by atoms with van der Waals surface area (Å²) in [5, 5.41) is 9.10. The van der Waals surface area contributed by atoms with E-state index < -0.39 is 5.97 Å². The second-order valence-corrected chi connectivity index (χ2v) is 6.67. The normalized spacial score (nSPS) is 27.3. The highest BCUT2D eigenvalue weighted by molar-refractivity contribution is 5.80. The minimum Gasteiger partial charge on any atom is -0.480 e. The second-order valence-electron chi connectivity index (χ2n) is 6.67. The fraction of sp³-hybridized carbons (Fsp3) is 0.875. The molecule has 0 bridgehead atoms. The summed E-state index contributed by atoms with van der Waals surface area (Å²) >= 11 is 0. The van der Waals surface area contributed by atoms with E-state index in [1.54, 1.807) is 0 Å². The molecule has 1 N–H and O–H groups in total. The van der Waals surface area contributed by atoms with Gasteiger partial charge >= 0.3 is 5.97 Å². The summed E-state index contributed by atoms with van der Waals surface area (Å²) in [6.45, 7) is 4.44. The molecular weight excluding hydrogens is 268 g/mol. The van der Waals surface area contributed by atoms with Crippen LogP contribution in [0, 0.1) is 0 Å². The Morgan fingerprint density at radius 3 is 2.10 bits per heavy atom. The third-order valence-corrected chi connectivity index (χ3v) is 5.00. The molecular formula is C16H28N2O3. The fourth-order valence-corrected chi connectivity index (χ4v) is 3.93. The van der Waals surface area contributed by atoms with Gasteiger partial charge in [-0.05, 0) is 46.0 Å². The Kier molecular flexibility index (Phi) is 5.62. The van der Waals surface area contributed by atoms with E-state index >= 15 is 0 Å². The lowest BCUT2D eigenvalue weighted by Crippen LogP contribution is -2.52. The Morgan fingerprint density at radius 2 is 1.57 bits per heavy atom. The maximum Gasteiger partial charge on any atom is 0.317 e. The molecule has 1 heterocycles. The molecule has 2 aliphatic rings. The van der Waals surface area contributed by atoms with Crippen LogP contribution in [0.4, 0.5) is 0 Å². The Hall–Kier alpha value is -1.10. The van der Waals surface area contributed by atoms with Crippen LogP contribution in [-0.2, 0) is 9.59 Å². The molecule has 2 atom stereocenters. The van der Waals surface area contributed by atoms with Crippen LogP contribution in [-0.4, -0.2) is 58.0 Å². The van der Waals surface area contributed by atoms with Gasteiger partial charge in [0.2, 0.25) is 5.91 Å². The minimum absolute atomic E-state index is 0.0208. The highest BCUT2D eigenvalue weighted by Gasteiger charge is 2.32. The van der Waals surface area contributed by atoms with Crippen molar-refractivity contribution in [1.29, 1.82) is 0 Å². The van der Waals surface area contributed by atoms with Crippen molar-refractivity contribution >= 4 is 11.9 Å². The van der Waals surface area contributed by atoms with Gasteiger partial charge in [-0.25, -0.2) is 0 Å². The average molecular weight is 296 g/mol. The Balaban J connectivity index is 2.00. The number of hydrogen-bond acceptors (Lipinski definition) is 3. The zero-order valence-corrected chi connectivity index (χ0v) is 13.3. The van der Waals surface area contributed by atoms with Crippen LogP contribution in [0.1, 0.15) is 58.8 Å². The number of carbonyl (C=O) groups is 2. The van der Waals surface area contributed by atoms with Crippen molar-refractivity contribution in [3.05, 3.63) is 0 Å². The molecule has 120 valence electrons. The molecule has 1 saturated heterocycles. The van der Waals surface area contributed by atoms with Gasteiger partial charge in [0.1, 0.15) is 0 Å². The van der Waals surface area contributed by atoms with Gasteiger partial charge in [-0.15, -0.1) is 0 Å². The summed E-state index contributed by atoms with van der Waals surface area (Å²) in [7, 11) is 0. The number of hydrogen-bond donors (Lipinski definition) is 1. The van der Waals surface area contributed by atoms with E-state index in [0.29, 0.717) is 0 Å². The van der Waals surface area contributed by atoms with E-state index in [2.05, 4.69) is 13.8 Å². The lowest BCUT2D eigenvalue weighted by molar-refractivity contribution is -0.142. The smallest absolute Gasteiger partial charge is 0.317 e. The Bertz CT molecular complexity index is 370. The van der Waals surface area contributed by atoms with Gasteiger partial charge in [0.15, 0.2) is 0 Å². The number of likely N-dealkylation sites (tertiary alicyclic amines) is 1. The average Bonchev–Trinajstić information content (AvgIpc) is 2.90. The van der Waals surface area contributed by atoms with Gasteiger partial charge in [0.25, 0.3) is 0 Å². The number of rotatable bonds is 5. The van der Waals surface area contributed by atoms with Gasteiger partial charge in [-0.2, -0.15) is 0 Å². The predicted molar refractivity (Wildman–Crippen MR) is 81.1 cm³/mol. The lowest BCUT2D eigenvalue weighted by atomic mass is 9.97. The molecule has 2 fully saturated rings. The van der Waals surface area contributed by atoms with Crippen LogP contribution in [0.2, 0.25) is 0 Å². The molecule has 0 aromatic heterocycles. The molecule has 21 heavy (non-hydrogen) atoms. The van der Waals surface area contributed by atoms with Crippen LogP contribution < -0.4 is 0 Å². The first-order chi connectivity index (χ1) is 9.99. The predicted octanol–water partition coefficient (Wildman–Crippen LogP) is 2.11. The Labute approximate surface area is 127 Å². The first kappa shape index (κ1) is 16.3. The van der Waals surface area contributed by atoms with Crippen LogP contribution in [0.3, 0.4) is 0 Å². The highest BCUT2D eigenvalue weighted by atomic mass is 16.4. The lowest BCUT2D eigenvalue weighted by Gasteiger charge is -2.40. The van der Waals surface area contributed by atoms with Gasteiger partial charge in [-0.3, -0.25) is 14.5 Å². The fourth-order valence-electron chi connectivity index (χ4n) is 3.93. The molecule has 1 saturated carbocycles. The molecule has 0 aromatic carbocycles. The van der Waals surface area contributed by atoms with Gasteiger partial charge in [0, 0.05) is 18.1 Å². The molecule has 5 nitrogen and oxygen atoms in total. The van der Waals surface area contributed by atoms with Crippen LogP contribution in [0.25, 0.3) is 0 Å². The largest absolute Gasteiger partial charge is 0.480 e. The number of amides is 1. The third kappa shape index (κ3) is 4.19. The maximum atomic E-state index is 12.7. The summed E-state index contributed by atoms with van der Waals surface area (Å²) < 4.78 is 0. The van der Waals surface area contributed by atoms with Crippen molar-refractivity contribution in [3.8, 4) is 0 Å². The van der Waals surface area contributed by atoms with Crippen LogP contribution in [0.15, 0.2) is 0 Å². The minimum atomic E-state index is -0.838. The summed E-state index contributed by atoms with van der Waals surface area (Å²) in [6.07, 6.45) is 7.61. The van der Waals surface area contributed by atoms with Crippen molar-refractivity contribution in [3.63, 3.8) is 0 Å². The zero-order valence-electron chi connectivity index (χ0n) is 13.3. The summed E-state index contributed by atoms with van der Waals surface area (Å²) in [5.74, 6) is -0.739. The standard InChI is InChI=1S/C16H28N2O3/c1-12-6-5-7-13(2)18(12)15(19)10-17(11-16(20)21)14-8-3-4-9-14/h12-14H,3-11H2,1-2H3,(H,20,21). The van der Waals surface area contributed by atoms with Crippen molar-refractivity contribution in [1.82, 2.24) is 9.80 Å². The van der Waals surface area contributed by atoms with Gasteiger partial charge < -0.3 is 10.0 Å². The molecule has 0 radical (unpaired) electrons. The van der Waals surface area contributed by atoms with Crippen molar-refractivity contribution < 1.29 is 14.7 Å². The summed E-state index contributed by atoms with van der Waals surface area (Å²) in [6, 6.07) is 0.813. The molecule has 5 heteroatoms. The van der Waals surface area contributed by atoms with Gasteiger partial charge in [0.05, 0.1) is 13.1 Å². The highest BCUT2D eigenvalue weighted by Crippen LogP contribution is 2.25. The first-order valence-electron chi connectivity index (χ1n) is 8.26. The topological polar surface area (TPSA) is 60.9 Å². The number of carboxylic acids is 1. The van der Waals surface area contributed by atoms with E-state index in [4.69, 9.17) is 5.11 Å². The molecule has 1 aliphatic heterocycles. The number of piperidine rings is 1. The Morgan fingerprint density at radius 1 is 1.00 bits per heavy atom. The second kappa shape index (κ2) is 7.25. The van der Waals surface area contributed by atoms with E-state index in [9.17, 15) is 9.59 Å². The van der Waals surface area contributed by atoms with Crippen molar-refractivity contribution in [2.75, 3.05) is 13.1 Å². The summed E-state index contributed by atoms with van der Waals surface area (Å²) in [5.41, 5.74) is 0. The molecule has 2 unspecified atom stereocenters. The van der Waals surface area contributed by atoms with E-state index in [-0.39, 0.29) is 37.1 Å². The third-order valence-electron chi connectivity index (χ3n) is 5.00. The molecule has 1 aliphatic carbocycles. The van der Waals surface area contributed by atoms with Gasteiger partial charge in [-0.1, -0.05) is 12.8 Å². The molecule has 0 aromatic rings. The van der Waals surface area contributed by atoms with Crippen LogP contribution >= 0.6 is 0 Å². The number of carboxylic acid groups (broad SMARTS) is 1. The number of carbonyl (C=O) groups excluding carboxylic acids is 1. The van der Waals surface area contributed by atoms with Crippen molar-refractivity contribution in [2.24, 2.45) is 0 Å². The molecule has 0 spiro atoms. The monoisotopic (exact) mass is 296 g/mol. The van der Waals surface area contributed by atoms with Crippen LogP contribution in [0.5, 0.6) is 0 Å². The SMILES string of the molecule is CC1CCCC(C)N1C(=O)CN(CC(=O)O)C1CCCC1. The van der Waals surface area contributed by atoms with E-state index in [0.717, 1.165) is 38.5 Å². The molecule has 1 amide bonds. The number of nitrogens with zero attached hydrogens (tertiary/aromatic N) is 2. The van der Waals surface area contributed by atoms with Crippen molar-refractivity contribution in [2.45, 2.75) is 76.9 Å². The maximum absolute atomic E-state index is 12.7. The van der Waals surface area contributed by atoms with E-state index in [1.165, 1.54) is 6.42 Å². The first-order valence-corrected chi connectivity index (χ1v) is 8.26. The quantitative estimate of drug-likeness (QED) is 0.844. The van der Waals surface area contributed by atoms with E-state index in [1.807, 2.05) is 9.80 Å². The molecule has 2 rings (SSSR count). The summed E-state index contributed by atoms with van der Waals surface area (Å²) in [4.78, 5) is 27.6.